The van der Waals surface area contributed by atoms with Crippen molar-refractivity contribution in [2.24, 2.45) is 0 Å². The quantitative estimate of drug-likeness (QED) is 0.590. The Bertz CT molecular complexity index is 389. The molecular weight excluding hydrogens is 280 g/mol. The lowest BCUT2D eigenvalue weighted by Gasteiger charge is -2.18. The third kappa shape index (κ3) is 2.29. The van der Waals surface area contributed by atoms with E-state index in [4.69, 9.17) is 0 Å². The van der Waals surface area contributed by atoms with Crippen molar-refractivity contribution in [3.05, 3.63) is 20.3 Å². The predicted molar refractivity (Wildman–Crippen MR) is 59.8 cm³/mol. The van der Waals surface area contributed by atoms with Crippen LogP contribution in [0.4, 0.5) is 0 Å². The molecule has 1 aromatic heterocycles. The van der Waals surface area contributed by atoms with Crippen LogP contribution in [0.5, 0.6) is 0 Å². The molecule has 0 bridgehead atoms. The number of rotatable bonds is 1. The average molecular weight is 289 g/mol. The summed E-state index contributed by atoms with van der Waals surface area (Å²) in [6, 6.07) is 1.98. The van der Waals surface area contributed by atoms with Gasteiger partial charge in [0.25, 0.3) is 0 Å². The molecule has 0 N–H and O–H groups in total. The van der Waals surface area contributed by atoms with Crippen molar-refractivity contribution in [2.75, 3.05) is 0 Å². The van der Waals surface area contributed by atoms with E-state index in [0.717, 1.165) is 14.2 Å². The van der Waals surface area contributed by atoms with Gasteiger partial charge >= 0.3 is 11.9 Å². The van der Waals surface area contributed by atoms with E-state index in [2.05, 4.69) is 20.7 Å². The Morgan fingerprint density at radius 2 is 2.00 bits per heavy atom. The fourth-order valence-electron chi connectivity index (χ4n) is 1.57. The van der Waals surface area contributed by atoms with Gasteiger partial charge in [0.15, 0.2) is 0 Å². The number of thiophene rings is 1. The van der Waals surface area contributed by atoms with E-state index in [0.29, 0.717) is 12.8 Å². The fourth-order valence-corrected chi connectivity index (χ4v) is 3.23. The average Bonchev–Trinajstić information content (AvgIpc) is 2.45. The molecule has 3 nitrogen and oxygen atoms in total. The van der Waals surface area contributed by atoms with Crippen LogP contribution in [0.1, 0.15) is 28.5 Å². The highest BCUT2D eigenvalue weighted by molar-refractivity contribution is 9.10. The van der Waals surface area contributed by atoms with Crippen LogP contribution in [0.15, 0.2) is 10.5 Å². The Hall–Kier alpha value is -0.680. The Morgan fingerprint density at radius 1 is 1.40 bits per heavy atom. The van der Waals surface area contributed by atoms with E-state index in [9.17, 15) is 9.59 Å². The molecule has 0 atom stereocenters. The molecule has 0 saturated carbocycles. The van der Waals surface area contributed by atoms with Gasteiger partial charge in [-0.05, 0) is 28.9 Å². The SMILES string of the molecule is Cc1sc(C2CC(=O)OC(=O)C2)cc1Br. The second-order valence-electron chi connectivity index (χ2n) is 3.50. The highest BCUT2D eigenvalue weighted by Crippen LogP contribution is 2.36. The number of hydrogen-bond donors (Lipinski definition) is 0. The Balaban J connectivity index is 2.23. The molecule has 0 unspecified atom stereocenters. The maximum absolute atomic E-state index is 11.1. The molecule has 1 aliphatic heterocycles. The van der Waals surface area contributed by atoms with Crippen LogP contribution in [0.2, 0.25) is 0 Å². The standard InChI is InChI=1S/C10H9BrO3S/c1-5-7(11)4-8(15-5)6-2-9(12)14-10(13)3-6/h4,6H,2-3H2,1H3. The minimum atomic E-state index is -0.418. The minimum absolute atomic E-state index is 0.00579. The smallest absolute Gasteiger partial charge is 0.314 e. The first kappa shape index (κ1) is 10.8. The summed E-state index contributed by atoms with van der Waals surface area (Å²) in [6.45, 7) is 2.00. The second-order valence-corrected chi connectivity index (χ2v) is 5.65. The highest BCUT2D eigenvalue weighted by Gasteiger charge is 2.29. The van der Waals surface area contributed by atoms with Crippen LogP contribution in [0, 0.1) is 6.92 Å². The maximum atomic E-state index is 11.1. The molecule has 2 heterocycles. The molecule has 0 aliphatic carbocycles. The van der Waals surface area contributed by atoms with E-state index in [1.54, 1.807) is 11.3 Å². The lowest BCUT2D eigenvalue weighted by atomic mass is 9.98. The van der Waals surface area contributed by atoms with Crippen molar-refractivity contribution >= 4 is 39.2 Å². The van der Waals surface area contributed by atoms with Crippen molar-refractivity contribution in [3.63, 3.8) is 0 Å². The van der Waals surface area contributed by atoms with Gasteiger partial charge < -0.3 is 4.74 Å². The Kier molecular flexibility index (Phi) is 2.93. The first-order chi connectivity index (χ1) is 7.06. The molecule has 1 fully saturated rings. The molecule has 1 aromatic rings. The number of esters is 2. The number of aryl methyl sites for hydroxylation is 1. The predicted octanol–water partition coefficient (Wildman–Crippen LogP) is 2.77. The summed E-state index contributed by atoms with van der Waals surface area (Å²) in [7, 11) is 0. The van der Waals surface area contributed by atoms with E-state index in [1.165, 1.54) is 0 Å². The first-order valence-corrected chi connectivity index (χ1v) is 6.16. The van der Waals surface area contributed by atoms with Crippen molar-refractivity contribution in [2.45, 2.75) is 25.7 Å². The van der Waals surface area contributed by atoms with Gasteiger partial charge in [-0.25, -0.2) is 0 Å². The first-order valence-electron chi connectivity index (χ1n) is 4.55. The second kappa shape index (κ2) is 4.06. The summed E-state index contributed by atoms with van der Waals surface area (Å²) in [5.41, 5.74) is 0. The zero-order valence-corrected chi connectivity index (χ0v) is 10.5. The van der Waals surface area contributed by atoms with E-state index >= 15 is 0 Å². The van der Waals surface area contributed by atoms with Gasteiger partial charge in [0.1, 0.15) is 0 Å². The van der Waals surface area contributed by atoms with E-state index < -0.39 is 11.9 Å². The topological polar surface area (TPSA) is 43.4 Å². The van der Waals surface area contributed by atoms with Crippen molar-refractivity contribution in [1.82, 2.24) is 0 Å². The summed E-state index contributed by atoms with van der Waals surface area (Å²) in [5.74, 6) is -0.842. The molecule has 0 radical (unpaired) electrons. The molecule has 15 heavy (non-hydrogen) atoms. The van der Waals surface area contributed by atoms with E-state index in [-0.39, 0.29) is 5.92 Å². The molecule has 0 amide bonds. The zero-order chi connectivity index (χ0) is 11.0. The van der Waals surface area contributed by atoms with Crippen LogP contribution >= 0.6 is 27.3 Å². The number of hydrogen-bond acceptors (Lipinski definition) is 4. The van der Waals surface area contributed by atoms with Gasteiger partial charge in [0, 0.05) is 20.1 Å². The molecule has 80 valence electrons. The van der Waals surface area contributed by atoms with Crippen LogP contribution in [0.3, 0.4) is 0 Å². The van der Waals surface area contributed by atoms with Crippen LogP contribution in [-0.4, -0.2) is 11.9 Å². The molecule has 1 saturated heterocycles. The summed E-state index contributed by atoms with van der Waals surface area (Å²) >= 11 is 5.04. The molecule has 2 rings (SSSR count). The Morgan fingerprint density at radius 3 is 2.47 bits per heavy atom. The van der Waals surface area contributed by atoms with Crippen LogP contribution in [0.25, 0.3) is 0 Å². The number of halogens is 1. The van der Waals surface area contributed by atoms with Gasteiger partial charge in [-0.3, -0.25) is 9.59 Å². The third-order valence-electron chi connectivity index (χ3n) is 2.33. The monoisotopic (exact) mass is 288 g/mol. The number of ether oxygens (including phenoxy) is 1. The summed E-state index contributed by atoms with van der Waals surface area (Å²) in [5, 5.41) is 0. The largest absolute Gasteiger partial charge is 0.393 e. The lowest BCUT2D eigenvalue weighted by molar-refractivity contribution is -0.163. The molecule has 0 aromatic carbocycles. The van der Waals surface area contributed by atoms with Crippen molar-refractivity contribution in [1.29, 1.82) is 0 Å². The van der Waals surface area contributed by atoms with Gasteiger partial charge in [-0.1, -0.05) is 0 Å². The normalized spacial score (nSPS) is 18.0. The Labute approximate surface area is 99.6 Å². The van der Waals surface area contributed by atoms with Crippen LogP contribution < -0.4 is 0 Å². The van der Waals surface area contributed by atoms with Crippen molar-refractivity contribution in [3.8, 4) is 0 Å². The third-order valence-corrected chi connectivity index (χ3v) is 4.63. The molecule has 5 heteroatoms. The van der Waals surface area contributed by atoms with Crippen molar-refractivity contribution < 1.29 is 14.3 Å². The van der Waals surface area contributed by atoms with Crippen LogP contribution in [-0.2, 0) is 14.3 Å². The molecule has 0 spiro atoms. The number of cyclic esters (lactones) is 2. The van der Waals surface area contributed by atoms with Gasteiger partial charge in [0.05, 0.1) is 12.8 Å². The van der Waals surface area contributed by atoms with E-state index in [1.807, 2.05) is 13.0 Å². The van der Waals surface area contributed by atoms with Gasteiger partial charge in [-0.15, -0.1) is 11.3 Å². The molecule has 1 aliphatic rings. The summed E-state index contributed by atoms with van der Waals surface area (Å²) in [6.07, 6.45) is 0.607. The van der Waals surface area contributed by atoms with Gasteiger partial charge in [0.2, 0.25) is 0 Å². The number of carbonyl (C=O) groups excluding carboxylic acids is 2. The maximum Gasteiger partial charge on any atom is 0.314 e. The summed E-state index contributed by atoms with van der Waals surface area (Å²) < 4.78 is 5.53. The summed E-state index contributed by atoms with van der Waals surface area (Å²) in [4.78, 5) is 24.4. The minimum Gasteiger partial charge on any atom is -0.393 e. The highest BCUT2D eigenvalue weighted by atomic mass is 79.9. The molecular formula is C10H9BrO3S. The number of carbonyl (C=O) groups is 2. The fraction of sp³-hybridized carbons (Fsp3) is 0.400. The zero-order valence-electron chi connectivity index (χ0n) is 8.08. The lowest BCUT2D eigenvalue weighted by Crippen LogP contribution is -2.23. The van der Waals surface area contributed by atoms with Gasteiger partial charge in [-0.2, -0.15) is 0 Å².